The van der Waals surface area contributed by atoms with E-state index >= 15 is 0 Å². The van der Waals surface area contributed by atoms with Gasteiger partial charge in [-0.1, -0.05) is 22.6 Å². The van der Waals surface area contributed by atoms with Crippen molar-refractivity contribution in [2.75, 3.05) is 11.0 Å². The molecule has 0 aliphatic rings. The molecule has 0 spiro atoms. The second kappa shape index (κ2) is 8.91. The molecule has 0 N–H and O–H groups in total. The molecule has 23 heteroatoms. The van der Waals surface area contributed by atoms with Gasteiger partial charge in [0.1, 0.15) is 0 Å². The summed E-state index contributed by atoms with van der Waals surface area (Å²) in [5.74, 6) is -70.3. The maximum absolute atomic E-state index is 13.4. The summed E-state index contributed by atoms with van der Waals surface area (Å²) in [4.78, 5) is 0. The first-order chi connectivity index (χ1) is 14.8. The van der Waals surface area contributed by atoms with Gasteiger partial charge < -0.3 is 4.74 Å². The van der Waals surface area contributed by atoms with Crippen LogP contribution in [0.5, 0.6) is 0 Å². The molecule has 0 rings (SSSR count). The first kappa shape index (κ1) is 34.2. The van der Waals surface area contributed by atoms with Gasteiger partial charge in [0.25, 0.3) is 0 Å². The lowest BCUT2D eigenvalue weighted by Gasteiger charge is -2.44. The molecule has 0 bridgehead atoms. The van der Waals surface area contributed by atoms with Crippen LogP contribution in [-0.2, 0) is 4.74 Å². The van der Waals surface area contributed by atoms with E-state index < -0.39 is 70.7 Å². The Hall–Kier alpha value is -0.780. The highest BCUT2D eigenvalue weighted by molar-refractivity contribution is 14.1. The summed E-state index contributed by atoms with van der Waals surface area (Å²) in [6.07, 6.45) is -15.0. The van der Waals surface area contributed by atoms with Crippen LogP contribution < -0.4 is 0 Å². The quantitative estimate of drug-likeness (QED) is 0.123. The lowest BCUT2D eigenvalue weighted by molar-refractivity contribution is -0.484. The molecule has 0 aromatic heterocycles. The van der Waals surface area contributed by atoms with Crippen LogP contribution in [0.1, 0.15) is 0 Å². The molecular weight excluding hydrogens is 686 g/mol. The van der Waals surface area contributed by atoms with Gasteiger partial charge in [0, 0.05) is 4.43 Å². The molecule has 0 heterocycles. The molecule has 0 aliphatic heterocycles. The average Bonchev–Trinajstić information content (AvgIpc) is 2.64. The van der Waals surface area contributed by atoms with Crippen LogP contribution in [0.3, 0.4) is 0 Å². The molecule has 0 fully saturated rings. The molecule has 0 saturated heterocycles. The second-order valence-corrected chi connectivity index (χ2v) is 7.23. The van der Waals surface area contributed by atoms with Crippen molar-refractivity contribution in [2.45, 2.75) is 59.7 Å². The van der Waals surface area contributed by atoms with E-state index in [-0.39, 0.29) is 0 Å². The number of hydrogen-bond acceptors (Lipinski definition) is 1. The van der Waals surface area contributed by atoms with Crippen molar-refractivity contribution in [2.24, 2.45) is 0 Å². The minimum atomic E-state index is -9.17. The molecule has 0 amide bonds. The Morgan fingerprint density at radius 1 is 0.371 bits per heavy atom. The zero-order valence-corrected chi connectivity index (χ0v) is 17.3. The minimum absolute atomic E-state index is 0.839. The van der Waals surface area contributed by atoms with Gasteiger partial charge in [-0.2, -0.15) is 92.2 Å². The fourth-order valence-corrected chi connectivity index (χ4v) is 2.02. The van der Waals surface area contributed by atoms with Crippen LogP contribution in [0.4, 0.5) is 92.2 Å². The van der Waals surface area contributed by atoms with Crippen LogP contribution in [0, 0.1) is 0 Å². The van der Waals surface area contributed by atoms with Gasteiger partial charge >= 0.3 is 59.7 Å². The molecule has 0 saturated carbocycles. The van der Waals surface area contributed by atoms with E-state index in [1.165, 1.54) is 0 Å². The number of hydrogen-bond donors (Lipinski definition) is 0. The van der Waals surface area contributed by atoms with E-state index in [1.807, 2.05) is 0 Å². The lowest BCUT2D eigenvalue weighted by atomic mass is 9.87. The first-order valence-corrected chi connectivity index (χ1v) is 9.00. The minimum Gasteiger partial charge on any atom is -0.315 e. The van der Waals surface area contributed by atoms with Gasteiger partial charge in [0.15, 0.2) is 0 Å². The summed E-state index contributed by atoms with van der Waals surface area (Å²) in [6.45, 7) is -1.76. The number of ether oxygens (including phenoxy) is 1. The van der Waals surface area contributed by atoms with Crippen molar-refractivity contribution in [3.63, 3.8) is 0 Å². The van der Waals surface area contributed by atoms with Crippen molar-refractivity contribution in [1.82, 2.24) is 0 Å². The number of halogens is 22. The summed E-state index contributed by atoms with van der Waals surface area (Å²) in [5, 5.41) is 0. The molecule has 0 unspecified atom stereocenters. The van der Waals surface area contributed by atoms with Gasteiger partial charge in [0.2, 0.25) is 0 Å². The largest absolute Gasteiger partial charge is 0.460 e. The fraction of sp³-hybridized carbons (Fsp3) is 1.00. The van der Waals surface area contributed by atoms with Crippen LogP contribution >= 0.6 is 22.6 Å². The molecule has 212 valence electrons. The molecule has 35 heavy (non-hydrogen) atoms. The summed E-state index contributed by atoms with van der Waals surface area (Å²) < 4.78 is 275. The van der Waals surface area contributed by atoms with Crippen LogP contribution in [0.2, 0.25) is 0 Å². The molecule has 1 nitrogen and oxygen atoms in total. The fourth-order valence-electron chi connectivity index (χ4n) is 1.80. The summed E-state index contributed by atoms with van der Waals surface area (Å²) in [5.41, 5.74) is 0. The Kier molecular flexibility index (Phi) is 8.71. The second-order valence-electron chi connectivity index (χ2n) is 6.15. The SMILES string of the molecule is FC(F)(F)C(F)(F)C(F)(F)C(F)(F)C(F)(F)C(F)(F)C(F)(F)C(F)(F)C(F)(F)C(F)(F)OCCI. The zero-order chi connectivity index (χ0) is 29.1. The molecule has 0 radical (unpaired) electrons. The monoisotopic (exact) mass is 690 g/mol. The molecule has 0 aromatic rings. The highest BCUT2D eigenvalue weighted by atomic mass is 127. The Morgan fingerprint density at radius 2 is 0.600 bits per heavy atom. The Bertz CT molecular complexity index is 752. The highest BCUT2D eigenvalue weighted by Crippen LogP contribution is 2.66. The predicted octanol–water partition coefficient (Wildman–Crippen LogP) is 7.68. The molecule has 0 atom stereocenters. The van der Waals surface area contributed by atoms with Crippen molar-refractivity contribution in [3.8, 4) is 0 Å². The number of alkyl halides is 22. The van der Waals surface area contributed by atoms with Gasteiger partial charge in [-0.3, -0.25) is 0 Å². The van der Waals surface area contributed by atoms with E-state index in [9.17, 15) is 92.2 Å². The Morgan fingerprint density at radius 3 is 0.829 bits per heavy atom. The third-order valence-corrected chi connectivity index (χ3v) is 4.28. The van der Waals surface area contributed by atoms with E-state index in [2.05, 4.69) is 4.74 Å². The van der Waals surface area contributed by atoms with Crippen molar-refractivity contribution in [3.05, 3.63) is 0 Å². The maximum Gasteiger partial charge on any atom is 0.460 e. The summed E-state index contributed by atoms with van der Waals surface area (Å²) in [6, 6.07) is 0. The predicted molar refractivity (Wildman–Crippen MR) is 75.4 cm³/mol. The first-order valence-electron chi connectivity index (χ1n) is 7.48. The van der Waals surface area contributed by atoms with E-state index in [1.54, 1.807) is 0 Å². The van der Waals surface area contributed by atoms with Crippen LogP contribution in [-0.4, -0.2) is 70.7 Å². The number of rotatable bonds is 11. The van der Waals surface area contributed by atoms with Crippen molar-refractivity contribution in [1.29, 1.82) is 0 Å². The average molecular weight is 690 g/mol. The van der Waals surface area contributed by atoms with Crippen molar-refractivity contribution < 1.29 is 96.9 Å². The normalized spacial score (nSPS) is 16.6. The third-order valence-electron chi connectivity index (χ3n) is 3.84. The van der Waals surface area contributed by atoms with Crippen LogP contribution in [0.15, 0.2) is 0 Å². The van der Waals surface area contributed by atoms with Gasteiger partial charge in [-0.05, 0) is 0 Å². The topological polar surface area (TPSA) is 9.23 Å². The summed E-state index contributed by atoms with van der Waals surface area (Å²) in [7, 11) is 0. The highest BCUT2D eigenvalue weighted by Gasteiger charge is 2.98. The molecular formula is C12H4F21IO. The molecule has 0 aliphatic carbocycles. The van der Waals surface area contributed by atoms with Gasteiger partial charge in [-0.15, -0.1) is 0 Å². The molecule has 0 aromatic carbocycles. The third kappa shape index (κ3) is 4.46. The smallest absolute Gasteiger partial charge is 0.315 e. The zero-order valence-electron chi connectivity index (χ0n) is 15.1. The summed E-state index contributed by atoms with van der Waals surface area (Å²) >= 11 is 0.990. The van der Waals surface area contributed by atoms with Crippen LogP contribution in [0.25, 0.3) is 0 Å². The van der Waals surface area contributed by atoms with Gasteiger partial charge in [0.05, 0.1) is 6.61 Å². The van der Waals surface area contributed by atoms with E-state index in [4.69, 9.17) is 0 Å². The lowest BCUT2D eigenvalue weighted by Crippen LogP contribution is -2.77. The van der Waals surface area contributed by atoms with Crippen molar-refractivity contribution >= 4 is 22.6 Å². The van der Waals surface area contributed by atoms with Gasteiger partial charge in [-0.25, -0.2) is 0 Å². The maximum atomic E-state index is 13.4. The van der Waals surface area contributed by atoms with E-state index in [0.29, 0.717) is 0 Å². The standard InChI is InChI=1S/C12H4F21IO/c13-3(14,5(17,18)7(21,22)9(25,26)11(29,30)31)4(15,16)6(19,20)8(23,24)10(27,28)12(32,33)35-2-1-34/h1-2H2. The Labute approximate surface area is 191 Å². The van der Waals surface area contributed by atoms with E-state index in [0.717, 1.165) is 22.6 Å². The Balaban J connectivity index is 6.97.